The molecule has 0 radical (unpaired) electrons. The van der Waals surface area contributed by atoms with Gasteiger partial charge in [0.05, 0.1) is 17.0 Å². The summed E-state index contributed by atoms with van der Waals surface area (Å²) in [5.41, 5.74) is 5.62. The molecular weight excluding hydrogens is 416 g/mol. The predicted octanol–water partition coefficient (Wildman–Crippen LogP) is 5.78. The number of benzene rings is 2. The van der Waals surface area contributed by atoms with Crippen LogP contribution in [0.3, 0.4) is 0 Å². The van der Waals surface area contributed by atoms with Gasteiger partial charge in [-0.25, -0.2) is 4.79 Å². The highest BCUT2D eigenvalue weighted by Crippen LogP contribution is 2.35. The highest BCUT2D eigenvalue weighted by Gasteiger charge is 2.27. The van der Waals surface area contributed by atoms with E-state index in [1.807, 2.05) is 36.4 Å². The van der Waals surface area contributed by atoms with Gasteiger partial charge in [-0.1, -0.05) is 39.0 Å². The fraction of sp³-hybridized carbons (Fsp3) is 0.370. The molecule has 2 atom stereocenters. The third-order valence-corrected chi connectivity index (χ3v) is 6.76. The third-order valence-electron chi connectivity index (χ3n) is 6.76. The molecule has 3 aromatic rings. The maximum atomic E-state index is 12.2. The summed E-state index contributed by atoms with van der Waals surface area (Å²) in [4.78, 5) is 28.4. The van der Waals surface area contributed by atoms with Crippen LogP contribution in [-0.2, 0) is 11.2 Å². The number of aryl methyl sites for hydroxylation is 1. The summed E-state index contributed by atoms with van der Waals surface area (Å²) < 4.78 is 0. The van der Waals surface area contributed by atoms with Gasteiger partial charge in [0, 0.05) is 23.8 Å². The van der Waals surface area contributed by atoms with Crippen LogP contribution in [0.5, 0.6) is 0 Å². The monoisotopic (exact) mass is 446 g/mol. The summed E-state index contributed by atoms with van der Waals surface area (Å²) in [6.45, 7) is 6.93. The summed E-state index contributed by atoms with van der Waals surface area (Å²) in [7, 11) is 0. The molecule has 2 unspecified atom stereocenters. The Bertz CT molecular complexity index is 1220. The smallest absolute Gasteiger partial charge is 0.336 e. The molecule has 2 heterocycles. The number of rotatable bonds is 7. The minimum Gasteiger partial charge on any atom is -0.481 e. The van der Waals surface area contributed by atoms with Crippen molar-refractivity contribution in [3.05, 3.63) is 70.4 Å². The fourth-order valence-electron chi connectivity index (χ4n) is 4.69. The lowest BCUT2D eigenvalue weighted by Crippen LogP contribution is -2.23. The molecule has 0 aliphatic carbocycles. The van der Waals surface area contributed by atoms with E-state index in [2.05, 4.69) is 31.1 Å². The van der Waals surface area contributed by atoms with Crippen molar-refractivity contribution in [1.82, 2.24) is 4.98 Å². The van der Waals surface area contributed by atoms with Gasteiger partial charge in [0.2, 0.25) is 0 Å². The molecule has 172 valence electrons. The number of nitrogens with one attached hydrogen (secondary N) is 1. The molecule has 0 bridgehead atoms. The van der Waals surface area contributed by atoms with Crippen LogP contribution in [0.15, 0.2) is 42.6 Å². The SMILES string of the molecule is CC(C)c1ccc2ncc(CCC(C)c3ccc4c(c3)C(C(=O)O)CCN4)c(C(=O)O)c2c1. The van der Waals surface area contributed by atoms with Crippen LogP contribution in [0, 0.1) is 0 Å². The minimum atomic E-state index is -0.935. The van der Waals surface area contributed by atoms with Crippen molar-refractivity contribution in [2.24, 2.45) is 0 Å². The molecule has 33 heavy (non-hydrogen) atoms. The number of aromatic nitrogens is 1. The van der Waals surface area contributed by atoms with E-state index >= 15 is 0 Å². The van der Waals surface area contributed by atoms with E-state index in [0.717, 1.165) is 34.4 Å². The van der Waals surface area contributed by atoms with Crippen LogP contribution < -0.4 is 5.32 Å². The molecule has 6 nitrogen and oxygen atoms in total. The second kappa shape index (κ2) is 9.22. The van der Waals surface area contributed by atoms with Crippen molar-refractivity contribution in [3.8, 4) is 0 Å². The molecule has 1 aliphatic rings. The zero-order chi connectivity index (χ0) is 23.7. The highest BCUT2D eigenvalue weighted by atomic mass is 16.4. The number of carboxylic acids is 2. The Balaban J connectivity index is 1.61. The van der Waals surface area contributed by atoms with E-state index in [-0.39, 0.29) is 5.92 Å². The number of hydrogen-bond acceptors (Lipinski definition) is 4. The quantitative estimate of drug-likeness (QED) is 0.426. The van der Waals surface area contributed by atoms with E-state index in [0.29, 0.717) is 41.8 Å². The number of carbonyl (C=O) groups is 2. The largest absolute Gasteiger partial charge is 0.481 e. The summed E-state index contributed by atoms with van der Waals surface area (Å²) in [5.74, 6) is -1.78. The minimum absolute atomic E-state index is 0.144. The molecule has 0 spiro atoms. The summed E-state index contributed by atoms with van der Waals surface area (Å²) in [6.07, 6.45) is 3.57. The van der Waals surface area contributed by atoms with Crippen LogP contribution in [0.25, 0.3) is 10.9 Å². The van der Waals surface area contributed by atoms with Crippen molar-refractivity contribution in [2.45, 2.75) is 57.8 Å². The van der Waals surface area contributed by atoms with E-state index in [1.165, 1.54) is 0 Å². The lowest BCUT2D eigenvalue weighted by molar-refractivity contribution is -0.138. The predicted molar refractivity (Wildman–Crippen MR) is 129 cm³/mol. The maximum absolute atomic E-state index is 12.2. The van der Waals surface area contributed by atoms with Crippen molar-refractivity contribution in [3.63, 3.8) is 0 Å². The molecule has 3 N–H and O–H groups in total. The van der Waals surface area contributed by atoms with Crippen molar-refractivity contribution < 1.29 is 19.8 Å². The number of anilines is 1. The first-order valence-corrected chi connectivity index (χ1v) is 11.5. The number of pyridine rings is 1. The molecule has 1 aromatic heterocycles. The molecular formula is C27H30N2O4. The Morgan fingerprint density at radius 1 is 1.09 bits per heavy atom. The maximum Gasteiger partial charge on any atom is 0.336 e. The Labute approximate surface area is 193 Å². The molecule has 6 heteroatoms. The van der Waals surface area contributed by atoms with E-state index < -0.39 is 17.9 Å². The van der Waals surface area contributed by atoms with Crippen LogP contribution >= 0.6 is 0 Å². The molecule has 0 saturated carbocycles. The zero-order valence-electron chi connectivity index (χ0n) is 19.3. The molecule has 0 amide bonds. The Morgan fingerprint density at radius 2 is 1.85 bits per heavy atom. The second-order valence-corrected chi connectivity index (χ2v) is 9.29. The van der Waals surface area contributed by atoms with Crippen LogP contribution in [-0.4, -0.2) is 33.7 Å². The first-order chi connectivity index (χ1) is 15.8. The number of nitrogens with zero attached hydrogens (tertiary/aromatic N) is 1. The normalized spacial score (nSPS) is 16.3. The number of aromatic carboxylic acids is 1. The van der Waals surface area contributed by atoms with Gasteiger partial charge in [0.25, 0.3) is 0 Å². The highest BCUT2D eigenvalue weighted by molar-refractivity contribution is 6.04. The van der Waals surface area contributed by atoms with Crippen LogP contribution in [0.2, 0.25) is 0 Å². The van der Waals surface area contributed by atoms with E-state index in [9.17, 15) is 19.8 Å². The van der Waals surface area contributed by atoms with Gasteiger partial charge in [-0.15, -0.1) is 0 Å². The van der Waals surface area contributed by atoms with Gasteiger partial charge < -0.3 is 15.5 Å². The van der Waals surface area contributed by atoms with Crippen LogP contribution in [0.1, 0.15) is 84.0 Å². The Morgan fingerprint density at radius 3 is 2.55 bits per heavy atom. The zero-order valence-corrected chi connectivity index (χ0v) is 19.3. The topological polar surface area (TPSA) is 99.5 Å². The van der Waals surface area contributed by atoms with Gasteiger partial charge in [-0.05, 0) is 71.6 Å². The lowest BCUT2D eigenvalue weighted by Gasteiger charge is -2.25. The first kappa shape index (κ1) is 22.8. The van der Waals surface area contributed by atoms with Gasteiger partial charge in [-0.3, -0.25) is 9.78 Å². The number of fused-ring (bicyclic) bond motifs is 2. The summed E-state index contributed by atoms with van der Waals surface area (Å²) in [6, 6.07) is 11.8. The van der Waals surface area contributed by atoms with Gasteiger partial charge >= 0.3 is 11.9 Å². The molecule has 2 aromatic carbocycles. The molecule has 0 fully saturated rings. The standard InChI is InChI=1S/C27H30N2O4/c1-15(2)17-6-8-24-22(12-17)25(27(32)33)19(14-29-24)5-4-16(3)18-7-9-23-21(13-18)20(26(30)31)10-11-28-23/h6-9,12-16,20,28H,4-5,10-11H2,1-3H3,(H,30,31)(H,32,33). The van der Waals surface area contributed by atoms with Crippen molar-refractivity contribution >= 4 is 28.5 Å². The van der Waals surface area contributed by atoms with E-state index in [1.54, 1.807) is 6.20 Å². The Hall–Kier alpha value is -3.41. The fourth-order valence-corrected chi connectivity index (χ4v) is 4.69. The number of aliphatic carboxylic acids is 1. The number of carboxylic acid groups (broad SMARTS) is 2. The van der Waals surface area contributed by atoms with Gasteiger partial charge in [0.1, 0.15) is 0 Å². The molecule has 4 rings (SSSR count). The molecule has 1 aliphatic heterocycles. The van der Waals surface area contributed by atoms with Crippen molar-refractivity contribution in [1.29, 1.82) is 0 Å². The molecule has 0 saturated heterocycles. The Kier molecular flexibility index (Phi) is 6.36. The van der Waals surface area contributed by atoms with Gasteiger partial charge in [0.15, 0.2) is 0 Å². The first-order valence-electron chi connectivity index (χ1n) is 11.5. The second-order valence-electron chi connectivity index (χ2n) is 9.29. The number of hydrogen-bond donors (Lipinski definition) is 3. The van der Waals surface area contributed by atoms with Gasteiger partial charge in [-0.2, -0.15) is 0 Å². The summed E-state index contributed by atoms with van der Waals surface area (Å²) >= 11 is 0. The lowest BCUT2D eigenvalue weighted by atomic mass is 9.86. The average molecular weight is 447 g/mol. The summed E-state index contributed by atoms with van der Waals surface area (Å²) in [5, 5.41) is 23.6. The average Bonchev–Trinajstić information content (AvgIpc) is 2.80. The van der Waals surface area contributed by atoms with Crippen molar-refractivity contribution in [2.75, 3.05) is 11.9 Å². The van der Waals surface area contributed by atoms with Crippen LogP contribution in [0.4, 0.5) is 5.69 Å². The van der Waals surface area contributed by atoms with E-state index in [4.69, 9.17) is 0 Å². The third kappa shape index (κ3) is 4.56.